The Kier molecular flexibility index (Phi) is 9.92. The lowest BCUT2D eigenvalue weighted by Gasteiger charge is -2.31. The number of ether oxygens (including phenoxy) is 4. The topological polar surface area (TPSA) is 97.8 Å². The molecule has 1 N–H and O–H groups in total. The fourth-order valence-electron chi connectivity index (χ4n) is 5.48. The van der Waals surface area contributed by atoms with Gasteiger partial charge in [-0.15, -0.1) is 0 Å². The Hall–Kier alpha value is -3.46. The van der Waals surface area contributed by atoms with Gasteiger partial charge in [-0.05, 0) is 54.8 Å². The van der Waals surface area contributed by atoms with E-state index in [9.17, 15) is 14.7 Å². The van der Waals surface area contributed by atoms with E-state index in [2.05, 4.69) is 18.7 Å². The summed E-state index contributed by atoms with van der Waals surface area (Å²) in [5.74, 6) is -0.0954. The fourth-order valence-corrected chi connectivity index (χ4v) is 5.48. The summed E-state index contributed by atoms with van der Waals surface area (Å²) in [6.07, 6.45) is 3.97. The number of carbonyl (C=O) groups excluding carboxylic acids is 1. The van der Waals surface area contributed by atoms with Crippen LogP contribution in [0.15, 0.2) is 42.5 Å². The highest BCUT2D eigenvalue weighted by Crippen LogP contribution is 2.44. The van der Waals surface area contributed by atoms with Gasteiger partial charge in [0.25, 0.3) is 0 Å². The van der Waals surface area contributed by atoms with Gasteiger partial charge in [-0.2, -0.15) is 0 Å². The summed E-state index contributed by atoms with van der Waals surface area (Å²) in [4.78, 5) is 30.5. The Bertz CT molecular complexity index is 1100. The third-order valence-electron chi connectivity index (χ3n) is 7.56. The number of aliphatic carboxylic acids is 1. The van der Waals surface area contributed by atoms with Gasteiger partial charge in [-0.25, -0.2) is 0 Å². The van der Waals surface area contributed by atoms with E-state index in [0.29, 0.717) is 36.9 Å². The molecule has 0 aliphatic carbocycles. The van der Waals surface area contributed by atoms with Crippen molar-refractivity contribution in [2.75, 3.05) is 45.2 Å². The molecule has 0 saturated carbocycles. The number of hydrogen-bond acceptors (Lipinski definition) is 7. The normalized spacial score (nSPS) is 19.8. The number of carboxylic acid groups (broad SMARTS) is 1. The van der Waals surface area contributed by atoms with Gasteiger partial charge in [-0.3, -0.25) is 9.59 Å². The maximum absolute atomic E-state index is 13.7. The highest BCUT2D eigenvalue weighted by atomic mass is 16.7. The second-order valence-electron chi connectivity index (χ2n) is 10.1. The Morgan fingerprint density at radius 3 is 2.36 bits per heavy atom. The smallest absolute Gasteiger partial charge is 0.309 e. The lowest BCUT2D eigenvalue weighted by atomic mass is 9.84. The van der Waals surface area contributed by atoms with Crippen LogP contribution in [0, 0.1) is 5.92 Å². The number of methoxy groups -OCH3 is 1. The molecule has 2 heterocycles. The Balaban J connectivity index is 1.66. The first kappa shape index (κ1) is 28.5. The molecule has 0 radical (unpaired) electrons. The van der Waals surface area contributed by atoms with Crippen LogP contribution in [0.1, 0.15) is 57.4 Å². The number of carboxylic acids is 1. The van der Waals surface area contributed by atoms with E-state index in [1.54, 1.807) is 7.11 Å². The number of amides is 1. The second kappa shape index (κ2) is 13.6. The maximum Gasteiger partial charge on any atom is 0.309 e. The number of fused-ring (bicyclic) bond motifs is 1. The number of carbonyl (C=O) groups is 2. The largest absolute Gasteiger partial charge is 0.481 e. The Labute approximate surface area is 230 Å². The van der Waals surface area contributed by atoms with Gasteiger partial charge in [0.05, 0.1) is 12.0 Å². The van der Waals surface area contributed by atoms with Crippen molar-refractivity contribution >= 4 is 17.6 Å². The van der Waals surface area contributed by atoms with E-state index in [1.807, 2.05) is 47.4 Å². The highest BCUT2D eigenvalue weighted by molar-refractivity contribution is 5.81. The van der Waals surface area contributed by atoms with Crippen molar-refractivity contribution in [3.8, 4) is 17.2 Å². The third-order valence-corrected chi connectivity index (χ3v) is 7.56. The molecule has 3 unspecified atom stereocenters. The molecule has 1 fully saturated rings. The van der Waals surface area contributed by atoms with Gasteiger partial charge in [-0.1, -0.05) is 32.8 Å². The SMILES string of the molecule is CCCCN(CCCC)C(=O)CC1C(C(=O)O)C(c2ccc3c(c2)OCO3)CN1c1ccc(OCOC)cc1. The predicted octanol–water partition coefficient (Wildman–Crippen LogP) is 4.89. The van der Waals surface area contributed by atoms with E-state index >= 15 is 0 Å². The van der Waals surface area contributed by atoms with Crippen molar-refractivity contribution in [1.29, 1.82) is 0 Å². The summed E-state index contributed by atoms with van der Waals surface area (Å²) in [5.41, 5.74) is 1.71. The highest BCUT2D eigenvalue weighted by Gasteiger charge is 2.48. The first-order valence-electron chi connectivity index (χ1n) is 13.8. The standard InChI is InChI=1S/C30H40N2O7/c1-4-6-14-31(15-7-5-2)28(33)17-25-29(30(34)35)24(21-8-13-26-27(16-21)39-20-38-26)18-32(25)22-9-11-23(12-10-22)37-19-36-3/h8-13,16,24-25,29H,4-7,14-15,17-20H2,1-3H3,(H,34,35). The van der Waals surface area contributed by atoms with Crippen molar-refractivity contribution < 1.29 is 33.6 Å². The number of nitrogens with zero attached hydrogens (tertiary/aromatic N) is 2. The molecule has 3 atom stereocenters. The molecule has 212 valence electrons. The zero-order valence-electron chi connectivity index (χ0n) is 23.1. The number of hydrogen-bond donors (Lipinski definition) is 1. The summed E-state index contributed by atoms with van der Waals surface area (Å²) >= 11 is 0. The molecule has 2 aliphatic rings. The summed E-state index contributed by atoms with van der Waals surface area (Å²) in [6, 6.07) is 12.6. The van der Waals surface area contributed by atoms with Crippen molar-refractivity contribution in [3.63, 3.8) is 0 Å². The lowest BCUT2D eigenvalue weighted by Crippen LogP contribution is -2.42. The molecule has 4 rings (SSSR count). The fraction of sp³-hybridized carbons (Fsp3) is 0.533. The molecule has 0 aromatic heterocycles. The predicted molar refractivity (Wildman–Crippen MR) is 148 cm³/mol. The zero-order valence-corrected chi connectivity index (χ0v) is 23.1. The number of benzene rings is 2. The molecule has 0 spiro atoms. The van der Waals surface area contributed by atoms with Crippen LogP contribution in [-0.2, 0) is 14.3 Å². The van der Waals surface area contributed by atoms with Crippen molar-refractivity contribution in [2.45, 2.75) is 57.9 Å². The number of anilines is 1. The van der Waals surface area contributed by atoms with Crippen LogP contribution in [0.5, 0.6) is 17.2 Å². The van der Waals surface area contributed by atoms with Crippen LogP contribution in [0.25, 0.3) is 0 Å². The molecule has 1 saturated heterocycles. The first-order valence-corrected chi connectivity index (χ1v) is 13.8. The minimum absolute atomic E-state index is 0.00420. The number of unbranched alkanes of at least 4 members (excludes halogenated alkanes) is 2. The van der Waals surface area contributed by atoms with E-state index in [0.717, 1.165) is 36.9 Å². The van der Waals surface area contributed by atoms with Crippen LogP contribution in [0.2, 0.25) is 0 Å². The molecule has 2 aromatic carbocycles. The molecule has 0 bridgehead atoms. The molecule has 2 aromatic rings. The van der Waals surface area contributed by atoms with Gasteiger partial charge >= 0.3 is 5.97 Å². The van der Waals surface area contributed by atoms with Crippen LogP contribution in [0.3, 0.4) is 0 Å². The summed E-state index contributed by atoms with van der Waals surface area (Å²) in [6.45, 7) is 6.34. The van der Waals surface area contributed by atoms with Gasteiger partial charge in [0.2, 0.25) is 12.7 Å². The first-order chi connectivity index (χ1) is 19.0. The summed E-state index contributed by atoms with van der Waals surface area (Å²) < 4.78 is 21.6. The van der Waals surface area contributed by atoms with Gasteiger partial charge in [0.15, 0.2) is 18.3 Å². The van der Waals surface area contributed by atoms with Crippen molar-refractivity contribution in [2.24, 2.45) is 5.92 Å². The minimum atomic E-state index is -0.910. The van der Waals surface area contributed by atoms with Crippen LogP contribution >= 0.6 is 0 Å². The molecular formula is C30H40N2O7. The molecule has 1 amide bonds. The molecule has 9 nitrogen and oxygen atoms in total. The average molecular weight is 541 g/mol. The maximum atomic E-state index is 13.7. The van der Waals surface area contributed by atoms with Crippen LogP contribution < -0.4 is 19.1 Å². The van der Waals surface area contributed by atoms with E-state index in [1.165, 1.54) is 0 Å². The molecular weight excluding hydrogens is 500 g/mol. The third kappa shape index (κ3) is 6.76. The molecule has 9 heteroatoms. The monoisotopic (exact) mass is 540 g/mol. The molecule has 2 aliphatic heterocycles. The summed E-state index contributed by atoms with van der Waals surface area (Å²) in [5, 5.41) is 10.5. The molecule has 39 heavy (non-hydrogen) atoms. The average Bonchev–Trinajstić information content (AvgIpc) is 3.56. The second-order valence-corrected chi connectivity index (χ2v) is 10.1. The van der Waals surface area contributed by atoms with Crippen molar-refractivity contribution in [3.05, 3.63) is 48.0 Å². The zero-order chi connectivity index (χ0) is 27.8. The van der Waals surface area contributed by atoms with Crippen LogP contribution in [0.4, 0.5) is 5.69 Å². The van der Waals surface area contributed by atoms with E-state index in [-0.39, 0.29) is 31.8 Å². The van der Waals surface area contributed by atoms with E-state index < -0.39 is 17.9 Å². The van der Waals surface area contributed by atoms with Gasteiger partial charge in [0, 0.05) is 44.8 Å². The Morgan fingerprint density at radius 2 is 1.72 bits per heavy atom. The number of rotatable bonds is 14. The quantitative estimate of drug-likeness (QED) is 0.338. The van der Waals surface area contributed by atoms with E-state index in [4.69, 9.17) is 18.9 Å². The van der Waals surface area contributed by atoms with Gasteiger partial charge in [0.1, 0.15) is 5.75 Å². The van der Waals surface area contributed by atoms with Crippen molar-refractivity contribution in [1.82, 2.24) is 4.90 Å². The lowest BCUT2D eigenvalue weighted by molar-refractivity contribution is -0.142. The van der Waals surface area contributed by atoms with Gasteiger partial charge < -0.3 is 33.9 Å². The van der Waals surface area contributed by atoms with Crippen LogP contribution in [-0.4, -0.2) is 68.3 Å². The Morgan fingerprint density at radius 1 is 1.03 bits per heavy atom. The summed E-state index contributed by atoms with van der Waals surface area (Å²) in [7, 11) is 1.56. The minimum Gasteiger partial charge on any atom is -0.481 e.